The van der Waals surface area contributed by atoms with Crippen LogP contribution >= 0.6 is 27.5 Å². The lowest BCUT2D eigenvalue weighted by Gasteiger charge is -2.16. The van der Waals surface area contributed by atoms with Gasteiger partial charge in [0.05, 0.1) is 0 Å². The minimum Gasteiger partial charge on any atom is -0.356 e. The number of aromatic nitrogens is 1. The van der Waals surface area contributed by atoms with Gasteiger partial charge in [0.1, 0.15) is 0 Å². The molecule has 0 aliphatic heterocycles. The fraction of sp³-hybridized carbons (Fsp3) is 0.375. The van der Waals surface area contributed by atoms with Crippen molar-refractivity contribution in [2.24, 2.45) is 0 Å². The van der Waals surface area contributed by atoms with Crippen LogP contribution in [0.4, 0.5) is 10.2 Å². The molecule has 0 saturated carbocycles. The fourth-order valence-electron chi connectivity index (χ4n) is 0.921. The largest absolute Gasteiger partial charge is 0.356 e. The maximum atomic E-state index is 13.2. The number of alkyl halides is 1. The summed E-state index contributed by atoms with van der Waals surface area (Å²) in [5.74, 6) is 0.430. The van der Waals surface area contributed by atoms with Gasteiger partial charge in [0.15, 0.2) is 11.6 Å². The van der Waals surface area contributed by atoms with Crippen LogP contribution in [0.1, 0.15) is 0 Å². The Kier molecular flexibility index (Phi) is 3.93. The first-order chi connectivity index (χ1) is 6.15. The molecule has 1 heterocycles. The van der Waals surface area contributed by atoms with E-state index in [4.69, 9.17) is 11.6 Å². The van der Waals surface area contributed by atoms with Crippen LogP contribution < -0.4 is 4.90 Å². The van der Waals surface area contributed by atoms with Gasteiger partial charge in [-0.05, 0) is 22.0 Å². The van der Waals surface area contributed by atoms with Gasteiger partial charge >= 0.3 is 0 Å². The molecule has 0 amide bonds. The van der Waals surface area contributed by atoms with Gasteiger partial charge in [-0.3, -0.25) is 0 Å². The van der Waals surface area contributed by atoms with Crippen molar-refractivity contribution >= 4 is 33.3 Å². The number of rotatable bonds is 3. The molecule has 0 N–H and O–H groups in total. The Morgan fingerprint density at radius 3 is 2.92 bits per heavy atom. The standard InChI is InChI=1S/C8H9BrClFN2/c1-13(3-2-10)8-7(11)4-6(9)5-12-8/h4-5H,2-3H2,1H3. The molecule has 0 bridgehead atoms. The second kappa shape index (κ2) is 4.77. The Hall–Kier alpha value is -0.350. The summed E-state index contributed by atoms with van der Waals surface area (Å²) in [6.07, 6.45) is 1.56. The molecule has 1 aromatic rings. The Labute approximate surface area is 89.8 Å². The summed E-state index contributed by atoms with van der Waals surface area (Å²) >= 11 is 8.67. The zero-order chi connectivity index (χ0) is 9.84. The van der Waals surface area contributed by atoms with Gasteiger partial charge in [-0.2, -0.15) is 0 Å². The van der Waals surface area contributed by atoms with Crippen molar-refractivity contribution in [1.29, 1.82) is 0 Å². The van der Waals surface area contributed by atoms with E-state index in [9.17, 15) is 4.39 Å². The molecule has 0 radical (unpaired) electrons. The van der Waals surface area contributed by atoms with Crippen LogP contribution in [-0.2, 0) is 0 Å². The highest BCUT2D eigenvalue weighted by molar-refractivity contribution is 9.10. The Morgan fingerprint density at radius 2 is 2.38 bits per heavy atom. The van der Waals surface area contributed by atoms with E-state index in [1.54, 1.807) is 18.1 Å². The van der Waals surface area contributed by atoms with Gasteiger partial charge in [0.25, 0.3) is 0 Å². The molecule has 1 rings (SSSR count). The first-order valence-corrected chi connectivity index (χ1v) is 5.06. The molecular formula is C8H9BrClFN2. The third kappa shape index (κ3) is 2.81. The van der Waals surface area contributed by atoms with Crippen molar-refractivity contribution in [3.05, 3.63) is 22.6 Å². The number of nitrogens with zero attached hydrogens (tertiary/aromatic N) is 2. The molecule has 1 aromatic heterocycles. The first-order valence-electron chi connectivity index (χ1n) is 3.73. The van der Waals surface area contributed by atoms with Gasteiger partial charge in [-0.25, -0.2) is 9.37 Å². The molecule has 5 heteroatoms. The highest BCUT2D eigenvalue weighted by Gasteiger charge is 2.08. The third-order valence-corrected chi connectivity index (χ3v) is 2.17. The molecule has 0 unspecified atom stereocenters. The minimum absolute atomic E-state index is 0.323. The van der Waals surface area contributed by atoms with E-state index in [0.29, 0.717) is 22.7 Å². The van der Waals surface area contributed by atoms with E-state index in [-0.39, 0.29) is 5.82 Å². The van der Waals surface area contributed by atoms with Crippen LogP contribution in [-0.4, -0.2) is 24.5 Å². The second-order valence-electron chi connectivity index (χ2n) is 2.57. The lowest BCUT2D eigenvalue weighted by atomic mass is 10.4. The molecular weight excluding hydrogens is 258 g/mol. The zero-order valence-electron chi connectivity index (χ0n) is 7.10. The van der Waals surface area contributed by atoms with Gasteiger partial charge in [-0.15, -0.1) is 11.6 Å². The van der Waals surface area contributed by atoms with E-state index in [1.165, 1.54) is 6.07 Å². The lowest BCUT2D eigenvalue weighted by Crippen LogP contribution is -2.21. The molecule has 0 atom stereocenters. The third-order valence-electron chi connectivity index (χ3n) is 1.57. The SMILES string of the molecule is CN(CCCl)c1ncc(Br)cc1F. The summed E-state index contributed by atoms with van der Waals surface area (Å²) in [6.45, 7) is 0.576. The summed E-state index contributed by atoms with van der Waals surface area (Å²) in [7, 11) is 1.75. The van der Waals surface area contributed by atoms with Crippen LogP contribution in [0.15, 0.2) is 16.7 Å². The molecule has 13 heavy (non-hydrogen) atoms. The smallest absolute Gasteiger partial charge is 0.166 e. The van der Waals surface area contributed by atoms with Crippen molar-refractivity contribution < 1.29 is 4.39 Å². The summed E-state index contributed by atoms with van der Waals surface area (Å²) in [6, 6.07) is 1.38. The average molecular weight is 268 g/mol. The predicted molar refractivity (Wildman–Crippen MR) is 55.9 cm³/mol. The number of pyridine rings is 1. The lowest BCUT2D eigenvalue weighted by molar-refractivity contribution is 0.615. The monoisotopic (exact) mass is 266 g/mol. The maximum Gasteiger partial charge on any atom is 0.166 e. The van der Waals surface area contributed by atoms with E-state index in [0.717, 1.165) is 0 Å². The summed E-state index contributed by atoms with van der Waals surface area (Å²) in [5, 5.41) is 0. The molecule has 0 fully saturated rings. The minimum atomic E-state index is -0.345. The number of hydrogen-bond acceptors (Lipinski definition) is 2. The van der Waals surface area contributed by atoms with Crippen LogP contribution in [0.2, 0.25) is 0 Å². The summed E-state index contributed by atoms with van der Waals surface area (Å²) in [4.78, 5) is 5.62. The van der Waals surface area contributed by atoms with Gasteiger partial charge in [-0.1, -0.05) is 0 Å². The van der Waals surface area contributed by atoms with Gasteiger partial charge in [0.2, 0.25) is 0 Å². The Bertz CT molecular complexity index is 295. The van der Waals surface area contributed by atoms with Gasteiger partial charge < -0.3 is 4.90 Å². The molecule has 2 nitrogen and oxygen atoms in total. The van der Waals surface area contributed by atoms with Crippen molar-refractivity contribution in [2.75, 3.05) is 24.4 Å². The van der Waals surface area contributed by atoms with E-state index in [2.05, 4.69) is 20.9 Å². The molecule has 72 valence electrons. The fourth-order valence-corrected chi connectivity index (χ4v) is 1.48. The highest BCUT2D eigenvalue weighted by atomic mass is 79.9. The van der Waals surface area contributed by atoms with Crippen LogP contribution in [0.25, 0.3) is 0 Å². The molecule has 0 aliphatic carbocycles. The molecule has 0 aromatic carbocycles. The quantitative estimate of drug-likeness (QED) is 0.783. The number of hydrogen-bond donors (Lipinski definition) is 0. The number of anilines is 1. The maximum absolute atomic E-state index is 13.2. The van der Waals surface area contributed by atoms with Crippen LogP contribution in [0.3, 0.4) is 0 Å². The van der Waals surface area contributed by atoms with Crippen LogP contribution in [0, 0.1) is 5.82 Å². The van der Waals surface area contributed by atoms with Gasteiger partial charge in [0, 0.05) is 30.1 Å². The van der Waals surface area contributed by atoms with Crippen molar-refractivity contribution in [2.45, 2.75) is 0 Å². The van der Waals surface area contributed by atoms with Crippen molar-refractivity contribution in [3.63, 3.8) is 0 Å². The number of halogens is 3. The molecule has 0 aliphatic rings. The highest BCUT2D eigenvalue weighted by Crippen LogP contribution is 2.18. The van der Waals surface area contributed by atoms with E-state index >= 15 is 0 Å². The summed E-state index contributed by atoms with van der Waals surface area (Å²) < 4.78 is 13.9. The van der Waals surface area contributed by atoms with Crippen molar-refractivity contribution in [3.8, 4) is 0 Å². The summed E-state index contributed by atoms with van der Waals surface area (Å²) in [5.41, 5.74) is 0. The second-order valence-corrected chi connectivity index (χ2v) is 3.86. The first kappa shape index (κ1) is 10.7. The normalized spacial score (nSPS) is 10.2. The topological polar surface area (TPSA) is 16.1 Å². The van der Waals surface area contributed by atoms with E-state index < -0.39 is 0 Å². The van der Waals surface area contributed by atoms with Crippen LogP contribution in [0.5, 0.6) is 0 Å². The predicted octanol–water partition coefficient (Wildman–Crippen LogP) is 2.66. The Morgan fingerprint density at radius 1 is 1.69 bits per heavy atom. The zero-order valence-corrected chi connectivity index (χ0v) is 9.44. The Balaban J connectivity index is 2.88. The molecule has 0 spiro atoms. The molecule has 0 saturated heterocycles. The average Bonchev–Trinajstić information content (AvgIpc) is 2.04. The van der Waals surface area contributed by atoms with E-state index in [1.807, 2.05) is 0 Å². The van der Waals surface area contributed by atoms with Crippen molar-refractivity contribution in [1.82, 2.24) is 4.98 Å².